The molecule has 0 aromatic carbocycles. The number of hydrogen-bond donors (Lipinski definition) is 2. The van der Waals surface area contributed by atoms with Gasteiger partial charge in [0.15, 0.2) is 0 Å². The number of pyridine rings is 1. The van der Waals surface area contributed by atoms with Crippen molar-refractivity contribution in [2.75, 3.05) is 5.73 Å². The van der Waals surface area contributed by atoms with Crippen LogP contribution >= 0.6 is 15.9 Å². The van der Waals surface area contributed by atoms with Crippen LogP contribution in [-0.4, -0.2) is 16.9 Å². The second-order valence-electron chi connectivity index (χ2n) is 3.37. The molecule has 0 fully saturated rings. The van der Waals surface area contributed by atoms with Gasteiger partial charge in [-0.3, -0.25) is 4.79 Å². The van der Waals surface area contributed by atoms with Crippen LogP contribution in [-0.2, 0) is 0 Å². The lowest BCUT2D eigenvalue weighted by Crippen LogP contribution is -2.32. The Kier molecular flexibility index (Phi) is 4.08. The number of nitrogens with zero attached hydrogens (tertiary/aromatic N) is 1. The van der Waals surface area contributed by atoms with Gasteiger partial charge in [-0.15, -0.1) is 0 Å². The van der Waals surface area contributed by atoms with E-state index >= 15 is 0 Å². The van der Waals surface area contributed by atoms with Crippen LogP contribution in [0.4, 0.5) is 5.82 Å². The molecule has 1 unspecified atom stereocenters. The van der Waals surface area contributed by atoms with E-state index < -0.39 is 0 Å². The topological polar surface area (TPSA) is 68.0 Å². The molecule has 1 atom stereocenters. The number of nitrogen functional groups attached to an aromatic ring is 1. The summed E-state index contributed by atoms with van der Waals surface area (Å²) in [6.45, 7) is 3.95. The fourth-order valence-corrected chi connectivity index (χ4v) is 1.37. The Hall–Kier alpha value is -1.10. The van der Waals surface area contributed by atoms with E-state index in [2.05, 4.69) is 26.2 Å². The molecule has 3 N–H and O–H groups in total. The zero-order valence-electron chi connectivity index (χ0n) is 8.75. The molecule has 1 aromatic heterocycles. The first-order chi connectivity index (χ1) is 7.04. The SMILES string of the molecule is CCC(C)NC(=O)c1cc(Br)cnc1N. The van der Waals surface area contributed by atoms with Gasteiger partial charge >= 0.3 is 0 Å². The normalized spacial score (nSPS) is 12.2. The van der Waals surface area contributed by atoms with E-state index in [9.17, 15) is 4.79 Å². The molecule has 82 valence electrons. The van der Waals surface area contributed by atoms with Gasteiger partial charge in [-0.05, 0) is 35.3 Å². The number of rotatable bonds is 3. The molecule has 0 spiro atoms. The number of halogens is 1. The van der Waals surface area contributed by atoms with Crippen molar-refractivity contribution in [3.63, 3.8) is 0 Å². The summed E-state index contributed by atoms with van der Waals surface area (Å²) in [7, 11) is 0. The van der Waals surface area contributed by atoms with E-state index in [0.29, 0.717) is 5.56 Å². The number of carbonyl (C=O) groups excluding carboxylic acids is 1. The van der Waals surface area contributed by atoms with Crippen molar-refractivity contribution < 1.29 is 4.79 Å². The van der Waals surface area contributed by atoms with E-state index in [4.69, 9.17) is 5.73 Å². The number of hydrogen-bond acceptors (Lipinski definition) is 3. The second-order valence-corrected chi connectivity index (χ2v) is 4.28. The average molecular weight is 272 g/mol. The number of amides is 1. The predicted molar refractivity (Wildman–Crippen MR) is 63.6 cm³/mol. The molecule has 0 saturated carbocycles. The zero-order chi connectivity index (χ0) is 11.4. The van der Waals surface area contributed by atoms with Gasteiger partial charge in [0.05, 0.1) is 5.56 Å². The van der Waals surface area contributed by atoms with Gasteiger partial charge in [0.25, 0.3) is 5.91 Å². The molecule has 0 saturated heterocycles. The van der Waals surface area contributed by atoms with Gasteiger partial charge in [0, 0.05) is 16.7 Å². The highest BCUT2D eigenvalue weighted by Crippen LogP contribution is 2.15. The minimum Gasteiger partial charge on any atom is -0.383 e. The standard InChI is InChI=1S/C10H14BrN3O/c1-3-6(2)14-10(15)8-4-7(11)5-13-9(8)12/h4-6H,3H2,1-2H3,(H2,12,13)(H,14,15). The molecule has 1 aromatic rings. The quantitative estimate of drug-likeness (QED) is 0.883. The molecular formula is C10H14BrN3O. The van der Waals surface area contributed by atoms with Gasteiger partial charge < -0.3 is 11.1 Å². The summed E-state index contributed by atoms with van der Waals surface area (Å²) >= 11 is 3.25. The lowest BCUT2D eigenvalue weighted by molar-refractivity contribution is 0.0940. The highest BCUT2D eigenvalue weighted by molar-refractivity contribution is 9.10. The Morgan fingerprint density at radius 2 is 2.40 bits per heavy atom. The average Bonchev–Trinajstić information content (AvgIpc) is 2.21. The first kappa shape index (κ1) is 12.0. The van der Waals surface area contributed by atoms with Crippen molar-refractivity contribution in [2.24, 2.45) is 0 Å². The minimum absolute atomic E-state index is 0.135. The Balaban J connectivity index is 2.86. The molecule has 0 radical (unpaired) electrons. The number of nitrogens with one attached hydrogen (secondary N) is 1. The highest BCUT2D eigenvalue weighted by atomic mass is 79.9. The summed E-state index contributed by atoms with van der Waals surface area (Å²) in [6, 6.07) is 1.80. The molecule has 0 bridgehead atoms. The third-order valence-corrected chi connectivity index (χ3v) is 2.55. The van der Waals surface area contributed by atoms with E-state index in [1.54, 1.807) is 12.3 Å². The van der Waals surface area contributed by atoms with Gasteiger partial charge in [-0.1, -0.05) is 6.92 Å². The fraction of sp³-hybridized carbons (Fsp3) is 0.400. The Morgan fingerprint density at radius 1 is 1.73 bits per heavy atom. The summed E-state index contributed by atoms with van der Waals surface area (Å²) in [5.74, 6) is 0.0645. The van der Waals surface area contributed by atoms with Crippen LogP contribution in [0.1, 0.15) is 30.6 Å². The lowest BCUT2D eigenvalue weighted by Gasteiger charge is -2.12. The van der Waals surface area contributed by atoms with E-state index in [0.717, 1.165) is 10.9 Å². The smallest absolute Gasteiger partial charge is 0.255 e. The van der Waals surface area contributed by atoms with Crippen molar-refractivity contribution in [1.82, 2.24) is 10.3 Å². The predicted octanol–water partition coefficient (Wildman–Crippen LogP) is 1.95. The molecule has 1 heterocycles. The largest absolute Gasteiger partial charge is 0.383 e. The summed E-state index contributed by atoms with van der Waals surface area (Å²) in [5, 5.41) is 2.83. The number of nitrogens with two attached hydrogens (primary N) is 1. The second kappa shape index (κ2) is 5.11. The summed E-state index contributed by atoms with van der Waals surface area (Å²) in [6.07, 6.45) is 2.45. The van der Waals surface area contributed by atoms with Crippen LogP contribution in [0.5, 0.6) is 0 Å². The molecule has 0 aliphatic rings. The van der Waals surface area contributed by atoms with Crippen LogP contribution in [0.3, 0.4) is 0 Å². The van der Waals surface area contributed by atoms with Crippen LogP contribution in [0, 0.1) is 0 Å². The molecular weight excluding hydrogens is 258 g/mol. The van der Waals surface area contributed by atoms with Crippen LogP contribution in [0.25, 0.3) is 0 Å². The molecule has 1 amide bonds. The van der Waals surface area contributed by atoms with Gasteiger partial charge in [-0.2, -0.15) is 0 Å². The van der Waals surface area contributed by atoms with Crippen LogP contribution < -0.4 is 11.1 Å². The van der Waals surface area contributed by atoms with Crippen molar-refractivity contribution in [2.45, 2.75) is 26.3 Å². The molecule has 1 rings (SSSR count). The lowest BCUT2D eigenvalue weighted by atomic mass is 10.2. The molecule has 0 aliphatic heterocycles. The van der Waals surface area contributed by atoms with Crippen LogP contribution in [0.15, 0.2) is 16.7 Å². The number of carbonyl (C=O) groups is 1. The van der Waals surface area contributed by atoms with Crippen molar-refractivity contribution >= 4 is 27.7 Å². The van der Waals surface area contributed by atoms with Crippen molar-refractivity contribution in [1.29, 1.82) is 0 Å². The van der Waals surface area contributed by atoms with E-state index in [1.807, 2.05) is 13.8 Å². The van der Waals surface area contributed by atoms with Crippen molar-refractivity contribution in [3.05, 3.63) is 22.3 Å². The molecule has 4 nitrogen and oxygen atoms in total. The Labute approximate surface area is 97.4 Å². The first-order valence-corrected chi connectivity index (χ1v) is 5.55. The summed E-state index contributed by atoms with van der Waals surface area (Å²) in [5.41, 5.74) is 6.02. The fourth-order valence-electron chi connectivity index (χ4n) is 1.04. The Morgan fingerprint density at radius 3 is 3.00 bits per heavy atom. The highest BCUT2D eigenvalue weighted by Gasteiger charge is 2.12. The van der Waals surface area contributed by atoms with Gasteiger partial charge in [0.2, 0.25) is 0 Å². The first-order valence-electron chi connectivity index (χ1n) is 4.76. The third-order valence-electron chi connectivity index (χ3n) is 2.12. The summed E-state index contributed by atoms with van der Waals surface area (Å²) < 4.78 is 0.742. The monoisotopic (exact) mass is 271 g/mol. The van der Waals surface area contributed by atoms with Gasteiger partial charge in [-0.25, -0.2) is 4.98 Å². The van der Waals surface area contributed by atoms with E-state index in [1.165, 1.54) is 0 Å². The minimum atomic E-state index is -0.185. The molecule has 15 heavy (non-hydrogen) atoms. The van der Waals surface area contributed by atoms with Gasteiger partial charge in [0.1, 0.15) is 5.82 Å². The maximum Gasteiger partial charge on any atom is 0.255 e. The summed E-state index contributed by atoms with van der Waals surface area (Å²) in [4.78, 5) is 15.6. The number of aromatic nitrogens is 1. The van der Waals surface area contributed by atoms with Crippen molar-refractivity contribution in [3.8, 4) is 0 Å². The molecule has 0 aliphatic carbocycles. The Bertz CT molecular complexity index is 368. The maximum atomic E-state index is 11.7. The van der Waals surface area contributed by atoms with E-state index in [-0.39, 0.29) is 17.8 Å². The zero-order valence-corrected chi connectivity index (χ0v) is 10.3. The van der Waals surface area contributed by atoms with Crippen LogP contribution in [0.2, 0.25) is 0 Å². The molecule has 5 heteroatoms. The third kappa shape index (κ3) is 3.20. The maximum absolute atomic E-state index is 11.7. The number of anilines is 1.